The SMILES string of the molecule is CCOC(=O)c1c(C)nc(N(c2ccccc2)c2ccccc2)nc1-c1ccc(C)cc1. The van der Waals surface area contributed by atoms with Gasteiger partial charge in [-0.3, -0.25) is 4.90 Å². The smallest absolute Gasteiger partial charge is 0.342 e. The van der Waals surface area contributed by atoms with Crippen LogP contribution in [0, 0.1) is 13.8 Å². The third kappa shape index (κ3) is 4.37. The highest BCUT2D eigenvalue weighted by molar-refractivity contribution is 5.97. The van der Waals surface area contributed by atoms with E-state index in [1.165, 1.54) is 0 Å². The van der Waals surface area contributed by atoms with Crippen LogP contribution in [0.4, 0.5) is 17.3 Å². The number of esters is 1. The summed E-state index contributed by atoms with van der Waals surface area (Å²) < 4.78 is 5.33. The van der Waals surface area contributed by atoms with Gasteiger partial charge in [-0.2, -0.15) is 0 Å². The third-order valence-electron chi connectivity index (χ3n) is 5.11. The quantitative estimate of drug-likeness (QED) is 0.336. The minimum atomic E-state index is -0.418. The minimum absolute atomic E-state index is 0.285. The van der Waals surface area contributed by atoms with Crippen molar-refractivity contribution in [1.29, 1.82) is 0 Å². The van der Waals surface area contributed by atoms with E-state index in [9.17, 15) is 4.79 Å². The molecule has 32 heavy (non-hydrogen) atoms. The molecule has 4 aromatic rings. The molecular weight excluding hydrogens is 398 g/mol. The second-order valence-corrected chi connectivity index (χ2v) is 7.43. The molecule has 0 aliphatic rings. The number of aromatic nitrogens is 2. The Morgan fingerprint density at radius 3 is 1.91 bits per heavy atom. The maximum absolute atomic E-state index is 12.8. The van der Waals surface area contributed by atoms with Crippen molar-refractivity contribution in [2.45, 2.75) is 20.8 Å². The number of benzene rings is 3. The molecule has 0 amide bonds. The van der Waals surface area contributed by atoms with Crippen molar-refractivity contribution in [1.82, 2.24) is 9.97 Å². The van der Waals surface area contributed by atoms with Gasteiger partial charge in [-0.25, -0.2) is 14.8 Å². The first-order valence-electron chi connectivity index (χ1n) is 10.6. The van der Waals surface area contributed by atoms with Gasteiger partial charge in [0.05, 0.1) is 18.0 Å². The van der Waals surface area contributed by atoms with Crippen molar-refractivity contribution in [2.75, 3.05) is 11.5 Å². The predicted molar refractivity (Wildman–Crippen MR) is 128 cm³/mol. The molecule has 1 heterocycles. The monoisotopic (exact) mass is 423 g/mol. The summed E-state index contributed by atoms with van der Waals surface area (Å²) in [5.41, 5.74) is 5.34. The molecule has 0 aliphatic carbocycles. The Labute approximate surface area is 188 Å². The molecule has 4 rings (SSSR count). The zero-order valence-electron chi connectivity index (χ0n) is 18.4. The normalized spacial score (nSPS) is 10.6. The Morgan fingerprint density at radius 1 is 0.812 bits per heavy atom. The molecule has 0 atom stereocenters. The first-order valence-corrected chi connectivity index (χ1v) is 10.6. The summed E-state index contributed by atoms with van der Waals surface area (Å²) >= 11 is 0. The van der Waals surface area contributed by atoms with Crippen molar-refractivity contribution in [3.8, 4) is 11.3 Å². The Balaban J connectivity index is 1.95. The van der Waals surface area contributed by atoms with Crippen LogP contribution in [0.5, 0.6) is 0 Å². The van der Waals surface area contributed by atoms with E-state index in [4.69, 9.17) is 14.7 Å². The number of nitrogens with zero attached hydrogens (tertiary/aromatic N) is 3. The zero-order valence-corrected chi connectivity index (χ0v) is 18.4. The van der Waals surface area contributed by atoms with Gasteiger partial charge < -0.3 is 4.74 Å². The summed E-state index contributed by atoms with van der Waals surface area (Å²) in [5.74, 6) is 0.0709. The van der Waals surface area contributed by atoms with Gasteiger partial charge in [-0.05, 0) is 45.0 Å². The fourth-order valence-electron chi connectivity index (χ4n) is 3.56. The maximum atomic E-state index is 12.8. The lowest BCUT2D eigenvalue weighted by molar-refractivity contribution is 0.0525. The highest BCUT2D eigenvalue weighted by atomic mass is 16.5. The molecule has 0 fully saturated rings. The Kier molecular flexibility index (Phi) is 6.26. The molecule has 0 N–H and O–H groups in total. The van der Waals surface area contributed by atoms with Gasteiger partial charge in [0, 0.05) is 16.9 Å². The third-order valence-corrected chi connectivity index (χ3v) is 5.11. The Hall–Kier alpha value is -3.99. The van der Waals surface area contributed by atoms with Crippen LogP contribution in [-0.4, -0.2) is 22.5 Å². The largest absolute Gasteiger partial charge is 0.462 e. The number of aryl methyl sites for hydroxylation is 2. The first kappa shape index (κ1) is 21.2. The van der Waals surface area contributed by atoms with Crippen LogP contribution >= 0.6 is 0 Å². The summed E-state index contributed by atoms with van der Waals surface area (Å²) in [6, 6.07) is 27.9. The lowest BCUT2D eigenvalue weighted by Gasteiger charge is -2.24. The lowest BCUT2D eigenvalue weighted by atomic mass is 10.0. The summed E-state index contributed by atoms with van der Waals surface area (Å²) in [4.78, 5) is 24.5. The van der Waals surface area contributed by atoms with Crippen LogP contribution < -0.4 is 4.90 Å². The topological polar surface area (TPSA) is 55.3 Å². The molecule has 0 aliphatic heterocycles. The molecule has 0 saturated carbocycles. The summed E-state index contributed by atoms with van der Waals surface area (Å²) in [6.07, 6.45) is 0. The van der Waals surface area contributed by atoms with E-state index in [2.05, 4.69) is 0 Å². The van der Waals surface area contributed by atoms with Crippen molar-refractivity contribution in [2.24, 2.45) is 0 Å². The molecule has 5 heteroatoms. The molecule has 160 valence electrons. The average Bonchev–Trinajstić information content (AvgIpc) is 2.81. The molecule has 1 aromatic heterocycles. The fraction of sp³-hybridized carbons (Fsp3) is 0.148. The van der Waals surface area contributed by atoms with Crippen molar-refractivity contribution in [3.63, 3.8) is 0 Å². The van der Waals surface area contributed by atoms with Crippen molar-refractivity contribution >= 4 is 23.3 Å². The van der Waals surface area contributed by atoms with E-state index in [0.29, 0.717) is 22.9 Å². The standard InChI is InChI=1S/C27H25N3O2/c1-4-32-26(31)24-20(3)28-27(29-25(24)21-17-15-19(2)16-18-21)30(22-11-7-5-8-12-22)23-13-9-6-10-14-23/h5-18H,4H2,1-3H3. The van der Waals surface area contributed by atoms with Crippen molar-refractivity contribution in [3.05, 3.63) is 102 Å². The van der Waals surface area contributed by atoms with Gasteiger partial charge >= 0.3 is 5.97 Å². The molecule has 0 spiro atoms. The number of rotatable bonds is 6. The second kappa shape index (κ2) is 9.43. The number of anilines is 3. The highest BCUT2D eigenvalue weighted by Gasteiger charge is 2.24. The molecule has 0 bridgehead atoms. The molecule has 3 aromatic carbocycles. The van der Waals surface area contributed by atoms with Gasteiger partial charge in [0.25, 0.3) is 0 Å². The van der Waals surface area contributed by atoms with Gasteiger partial charge in [0.2, 0.25) is 5.95 Å². The van der Waals surface area contributed by atoms with Crippen LogP contribution in [0.3, 0.4) is 0 Å². The van der Waals surface area contributed by atoms with E-state index >= 15 is 0 Å². The number of carbonyl (C=O) groups excluding carboxylic acids is 1. The van der Waals surface area contributed by atoms with Crippen LogP contribution in [0.15, 0.2) is 84.9 Å². The minimum Gasteiger partial charge on any atom is -0.462 e. The molecule has 0 unspecified atom stereocenters. The van der Waals surface area contributed by atoms with E-state index < -0.39 is 5.97 Å². The number of para-hydroxylation sites is 2. The van der Waals surface area contributed by atoms with Gasteiger partial charge in [-0.1, -0.05) is 66.2 Å². The van der Waals surface area contributed by atoms with Gasteiger partial charge in [0.15, 0.2) is 0 Å². The second-order valence-electron chi connectivity index (χ2n) is 7.43. The Morgan fingerprint density at radius 2 is 1.38 bits per heavy atom. The number of hydrogen-bond acceptors (Lipinski definition) is 5. The van der Waals surface area contributed by atoms with Crippen molar-refractivity contribution < 1.29 is 9.53 Å². The average molecular weight is 424 g/mol. The first-order chi connectivity index (χ1) is 15.6. The fourth-order valence-corrected chi connectivity index (χ4v) is 3.56. The molecular formula is C27H25N3O2. The molecule has 5 nitrogen and oxygen atoms in total. The molecule has 0 radical (unpaired) electrons. The van der Waals surface area contributed by atoms with Crippen LogP contribution in [0.1, 0.15) is 28.5 Å². The van der Waals surface area contributed by atoms with Gasteiger partial charge in [0.1, 0.15) is 5.56 Å². The van der Waals surface area contributed by atoms with E-state index in [0.717, 1.165) is 22.5 Å². The van der Waals surface area contributed by atoms with E-state index in [1.54, 1.807) is 6.92 Å². The number of hydrogen-bond donors (Lipinski definition) is 0. The zero-order chi connectivity index (χ0) is 22.5. The Bertz CT molecular complexity index is 1170. The maximum Gasteiger partial charge on any atom is 0.342 e. The van der Waals surface area contributed by atoms with Crippen LogP contribution in [0.25, 0.3) is 11.3 Å². The number of ether oxygens (including phenoxy) is 1. The summed E-state index contributed by atoms with van der Waals surface area (Å²) in [5, 5.41) is 0. The van der Waals surface area contributed by atoms with Crippen LogP contribution in [0.2, 0.25) is 0 Å². The number of carbonyl (C=O) groups is 1. The highest BCUT2D eigenvalue weighted by Crippen LogP contribution is 2.35. The summed E-state index contributed by atoms with van der Waals surface area (Å²) in [6.45, 7) is 5.93. The van der Waals surface area contributed by atoms with E-state index in [-0.39, 0.29) is 6.61 Å². The lowest BCUT2D eigenvalue weighted by Crippen LogP contribution is -2.18. The predicted octanol–water partition coefficient (Wildman–Crippen LogP) is 6.41. The van der Waals surface area contributed by atoms with Crippen LogP contribution in [-0.2, 0) is 4.74 Å². The molecule has 0 saturated heterocycles. The summed E-state index contributed by atoms with van der Waals surface area (Å²) in [7, 11) is 0. The van der Waals surface area contributed by atoms with E-state index in [1.807, 2.05) is 104 Å². The van der Waals surface area contributed by atoms with Gasteiger partial charge in [-0.15, -0.1) is 0 Å².